The Bertz CT molecular complexity index is 203. The first-order chi connectivity index (χ1) is 4.76. The fourth-order valence-corrected chi connectivity index (χ4v) is 0.0535. The highest BCUT2D eigenvalue weighted by Crippen LogP contribution is 1.59. The molecule has 6 heavy (non-hydrogen) atoms. The molecule has 0 aromatic carbocycles. The lowest BCUT2D eigenvalue weighted by Gasteiger charge is -1.66. The van der Waals surface area contributed by atoms with Crippen LogP contribution in [0.1, 0.15) is 6.85 Å². The van der Waals surface area contributed by atoms with E-state index in [1.165, 1.54) is 0 Å². The topological polar surface area (TPSA) is 37.3 Å². The van der Waals surface area contributed by atoms with Gasteiger partial charge in [-0.05, 0) is 6.05 Å². The molecule has 0 fully saturated rings. The second kappa shape index (κ2) is 4.37. The number of aldehydes is 1. The highest BCUT2D eigenvalue weighted by Gasteiger charge is 1.59. The van der Waals surface area contributed by atoms with Crippen LogP contribution in [0, 0.1) is 0 Å². The van der Waals surface area contributed by atoms with Gasteiger partial charge in [0.2, 0.25) is 0 Å². The van der Waals surface area contributed by atoms with Crippen LogP contribution in [0.25, 0.3) is 0 Å². The summed E-state index contributed by atoms with van der Waals surface area (Å²) in [5.41, 5.74) is 0. The van der Waals surface area contributed by atoms with Crippen LogP contribution < -0.4 is 0 Å². The van der Waals surface area contributed by atoms with E-state index in [-0.39, 0.29) is 0 Å². The molecule has 0 aliphatic rings. The number of carbonyl (C=O) groups excluding carboxylic acids is 1. The van der Waals surface area contributed by atoms with E-state index in [0.717, 1.165) is 0 Å². The normalized spacial score (nSPS) is 27.2. The molecule has 0 bridgehead atoms. The van der Waals surface area contributed by atoms with E-state index in [1.807, 2.05) is 0 Å². The van der Waals surface area contributed by atoms with E-state index in [2.05, 4.69) is 0 Å². The third-order valence-electron chi connectivity index (χ3n) is 0.169. The molecule has 1 N–H and O–H groups in total. The number of rotatable bonds is 2. The fourth-order valence-electron chi connectivity index (χ4n) is 0.0535. The summed E-state index contributed by atoms with van der Waals surface area (Å²) in [4.78, 5) is 10.1. The molecule has 2 heteroatoms. The summed E-state index contributed by atoms with van der Waals surface area (Å²) in [5, 5.41) is 8.44. The Morgan fingerprint density at radius 3 is 3.00 bits per heavy atom. The molecule has 2 nitrogen and oxygen atoms in total. The highest BCUT2D eigenvalue weighted by molar-refractivity contribution is 5.64. The number of hydrogen-bond acceptors (Lipinski definition) is 2. The molecule has 0 aliphatic heterocycles. The molecule has 0 aromatic heterocycles. The number of hydrogen-bond donors (Lipinski definition) is 1. The van der Waals surface area contributed by atoms with E-state index in [9.17, 15) is 4.79 Å². The summed E-state index contributed by atoms with van der Waals surface area (Å²) < 4.78 is 32.6. The number of carbonyl (C=O) groups is 1. The second-order valence-corrected chi connectivity index (χ2v) is 0.464. The molecule has 0 aromatic rings. The van der Waals surface area contributed by atoms with Gasteiger partial charge in [0.15, 0.2) is 0 Å². The summed E-state index contributed by atoms with van der Waals surface area (Å²) in [6.45, 7) is -3.02. The molecular formula is C4H6O2. The van der Waals surface area contributed by atoms with E-state index in [1.54, 1.807) is 0 Å². The van der Waals surface area contributed by atoms with E-state index < -0.39 is 24.9 Å². The van der Waals surface area contributed by atoms with Gasteiger partial charge in [-0.1, -0.05) is 6.05 Å². The lowest BCUT2D eigenvalue weighted by atomic mass is 10.5. The second-order valence-electron chi connectivity index (χ2n) is 0.464. The van der Waals surface area contributed by atoms with Crippen molar-refractivity contribution in [1.29, 1.82) is 0 Å². The van der Waals surface area contributed by atoms with E-state index in [4.69, 9.17) is 12.0 Å². The standard InChI is InChI=1S/C4H6O2/c5-3-1-2-4-6/h1-3,6H,4H2/b2-1+/i1D,2D,3D,4D2. The lowest BCUT2D eigenvalue weighted by molar-refractivity contribution is -0.104. The van der Waals surface area contributed by atoms with Gasteiger partial charge in [-0.25, -0.2) is 0 Å². The van der Waals surface area contributed by atoms with Crippen molar-refractivity contribution in [3.05, 3.63) is 12.1 Å². The summed E-state index contributed by atoms with van der Waals surface area (Å²) in [6.07, 6.45) is -1.49. The van der Waals surface area contributed by atoms with Crippen molar-refractivity contribution in [2.24, 2.45) is 0 Å². The molecule has 0 radical (unpaired) electrons. The maximum Gasteiger partial charge on any atom is 0.142 e. The zero-order valence-corrected chi connectivity index (χ0v) is 2.86. The monoisotopic (exact) mass is 91.1 g/mol. The molecule has 0 heterocycles. The van der Waals surface area contributed by atoms with E-state index >= 15 is 0 Å². The maximum atomic E-state index is 10.1. The summed E-state index contributed by atoms with van der Waals surface area (Å²) in [5.74, 6) is 0. The van der Waals surface area contributed by atoms with Crippen molar-refractivity contribution >= 4 is 6.26 Å². The molecule has 0 amide bonds. The predicted octanol–water partition coefficient (Wildman–Crippen LogP) is -0.266. The van der Waals surface area contributed by atoms with Crippen LogP contribution in [0.3, 0.4) is 0 Å². The van der Waals surface area contributed by atoms with Crippen LogP contribution in [-0.4, -0.2) is 17.9 Å². The summed E-state index contributed by atoms with van der Waals surface area (Å²) >= 11 is 0. The van der Waals surface area contributed by atoms with E-state index in [0.29, 0.717) is 0 Å². The predicted molar refractivity (Wildman–Crippen MR) is 22.3 cm³/mol. The van der Waals surface area contributed by atoms with Gasteiger partial charge in [0.1, 0.15) is 7.63 Å². The van der Waals surface area contributed by atoms with Crippen molar-refractivity contribution in [2.45, 2.75) is 0 Å². The largest absolute Gasteiger partial charge is 0.392 e. The molecule has 0 spiro atoms. The molecule has 0 saturated heterocycles. The smallest absolute Gasteiger partial charge is 0.142 e. The lowest BCUT2D eigenvalue weighted by Crippen LogP contribution is -1.69. The minimum absolute atomic E-state index is 1.14. The molecule has 0 aliphatic carbocycles. The van der Waals surface area contributed by atoms with Crippen LogP contribution in [-0.2, 0) is 4.79 Å². The first-order valence-corrected chi connectivity index (χ1v) is 1.18. The Morgan fingerprint density at radius 2 is 2.83 bits per heavy atom. The minimum Gasteiger partial charge on any atom is -0.392 e. The summed E-state index contributed by atoms with van der Waals surface area (Å²) in [6, 6.07) is -2.34. The molecule has 0 rings (SSSR count). The van der Waals surface area contributed by atoms with Gasteiger partial charge < -0.3 is 5.11 Å². The quantitative estimate of drug-likeness (QED) is 0.375. The van der Waals surface area contributed by atoms with Crippen molar-refractivity contribution in [1.82, 2.24) is 0 Å². The zero-order valence-electron chi connectivity index (χ0n) is 7.86. The van der Waals surface area contributed by atoms with Gasteiger partial charge in [-0.15, -0.1) is 0 Å². The van der Waals surface area contributed by atoms with Gasteiger partial charge in [0.25, 0.3) is 0 Å². The Hall–Kier alpha value is -0.630. The molecule has 0 saturated carbocycles. The Labute approximate surface area is 43.1 Å². The third-order valence-corrected chi connectivity index (χ3v) is 0.169. The highest BCUT2D eigenvalue weighted by atomic mass is 16.2. The van der Waals surface area contributed by atoms with Crippen LogP contribution in [0.15, 0.2) is 12.1 Å². The first-order valence-electron chi connectivity index (χ1n) is 3.68. The number of aliphatic hydroxyl groups is 1. The third kappa shape index (κ3) is 3.37. The molecular weight excluding hydrogens is 80.0 g/mol. The minimum atomic E-state index is -3.02. The Kier molecular flexibility index (Phi) is 0.851. The van der Waals surface area contributed by atoms with Crippen molar-refractivity contribution < 1.29 is 16.8 Å². The van der Waals surface area contributed by atoms with Crippen molar-refractivity contribution in [3.63, 3.8) is 0 Å². The van der Waals surface area contributed by atoms with Crippen molar-refractivity contribution in [2.75, 3.05) is 6.56 Å². The first kappa shape index (κ1) is 1.17. The molecule has 0 unspecified atom stereocenters. The van der Waals surface area contributed by atoms with Crippen LogP contribution in [0.2, 0.25) is 0 Å². The number of allylic oxidation sites excluding steroid dienone is 1. The zero-order chi connectivity index (χ0) is 9.23. The van der Waals surface area contributed by atoms with Crippen LogP contribution in [0.5, 0.6) is 0 Å². The molecule has 34 valence electrons. The molecule has 0 atom stereocenters. The fraction of sp³-hybridized carbons (Fsp3) is 0.250. The van der Waals surface area contributed by atoms with Crippen LogP contribution in [0.4, 0.5) is 0 Å². The van der Waals surface area contributed by atoms with Crippen molar-refractivity contribution in [3.8, 4) is 0 Å². The SMILES string of the molecule is [2H]C(=O)/C([2H])=C(\[2H])C([2H])([2H])O. The maximum absolute atomic E-state index is 10.1. The van der Waals surface area contributed by atoms with Gasteiger partial charge in [-0.2, -0.15) is 0 Å². The van der Waals surface area contributed by atoms with Gasteiger partial charge in [-0.3, -0.25) is 4.79 Å². The Balaban J connectivity index is 4.82. The van der Waals surface area contributed by atoms with Gasteiger partial charge >= 0.3 is 0 Å². The van der Waals surface area contributed by atoms with Gasteiger partial charge in [0.05, 0.1) is 12.0 Å². The summed E-state index contributed by atoms with van der Waals surface area (Å²) in [7, 11) is 0. The average Bonchev–Trinajstić information content (AvgIpc) is 1.82. The average molecular weight is 91.1 g/mol. The van der Waals surface area contributed by atoms with Gasteiger partial charge in [0, 0.05) is 0 Å². The van der Waals surface area contributed by atoms with Crippen LogP contribution >= 0.6 is 0 Å². The Morgan fingerprint density at radius 1 is 2.17 bits per heavy atom.